The number of carbonyl (C=O) groups excluding carboxylic acids is 1. The zero-order valence-corrected chi connectivity index (χ0v) is 19.5. The molecule has 6 nitrogen and oxygen atoms in total. The lowest BCUT2D eigenvalue weighted by Gasteiger charge is -2.22. The molecule has 0 aliphatic carbocycles. The number of fused-ring (bicyclic) bond motifs is 1. The molecule has 0 radical (unpaired) electrons. The summed E-state index contributed by atoms with van der Waals surface area (Å²) in [6.45, 7) is 1.88. The number of thiophene rings is 1. The van der Waals surface area contributed by atoms with Crippen LogP contribution in [0.5, 0.6) is 11.5 Å². The number of pyridine rings is 1. The molecule has 0 atom stereocenters. The monoisotopic (exact) mass is 470 g/mol. The van der Waals surface area contributed by atoms with Crippen molar-refractivity contribution in [2.45, 2.75) is 18.9 Å². The van der Waals surface area contributed by atoms with Crippen LogP contribution in [0.3, 0.4) is 0 Å². The van der Waals surface area contributed by atoms with E-state index in [0.717, 1.165) is 64.2 Å². The normalized spacial score (nSPS) is 14.5. The van der Waals surface area contributed by atoms with Crippen LogP contribution in [-0.4, -0.2) is 30.0 Å². The predicted octanol–water partition coefficient (Wildman–Crippen LogP) is 5.22. The second kappa shape index (κ2) is 10.1. The second-order valence-corrected chi connectivity index (χ2v) is 9.14. The molecule has 0 unspecified atom stereocenters. The Morgan fingerprint density at radius 1 is 1.09 bits per heavy atom. The lowest BCUT2D eigenvalue weighted by molar-refractivity contribution is -0.117. The summed E-state index contributed by atoms with van der Waals surface area (Å²) in [5, 5.41) is 9.38. The lowest BCUT2D eigenvalue weighted by atomic mass is 10.0. The van der Waals surface area contributed by atoms with Crippen LogP contribution < -0.4 is 21.1 Å². The van der Waals surface area contributed by atoms with Gasteiger partial charge >= 0.3 is 0 Å². The third-order valence-corrected chi connectivity index (χ3v) is 6.93. The van der Waals surface area contributed by atoms with E-state index in [9.17, 15) is 4.79 Å². The number of piperidine rings is 1. The minimum Gasteiger partial charge on any atom is -0.457 e. The molecule has 4 N–H and O–H groups in total. The molecule has 0 saturated carbocycles. The number of aromatic nitrogens is 1. The maximum atomic E-state index is 12.4. The minimum absolute atomic E-state index is 0.0809. The Morgan fingerprint density at radius 3 is 2.59 bits per heavy atom. The van der Waals surface area contributed by atoms with E-state index in [0.29, 0.717) is 5.82 Å². The summed E-state index contributed by atoms with van der Waals surface area (Å²) in [5.41, 5.74) is 9.21. The SMILES string of the molecule is Nc1ncc(C=CC(=O)NC2CCNCC2)c2scc(-c3ccc(Oc4ccccc4)cc3)c12. The Bertz CT molecular complexity index is 1310. The highest BCUT2D eigenvalue weighted by Crippen LogP contribution is 2.39. The standard InChI is InChI=1S/C27H26N4O2S/c28-27-25-23(18-6-9-22(10-7-18)33-21-4-2-1-3-5-21)17-34-26(25)19(16-30-27)8-11-24(32)31-20-12-14-29-15-13-20/h1-11,16-17,20,29H,12-15H2,(H2,28,30)(H,31,32). The molecule has 1 aliphatic heterocycles. The minimum atomic E-state index is -0.0809. The second-order valence-electron chi connectivity index (χ2n) is 8.26. The fourth-order valence-corrected chi connectivity index (χ4v) is 5.21. The Balaban J connectivity index is 1.36. The molecule has 1 fully saturated rings. The molecule has 1 aliphatic rings. The Hall–Kier alpha value is -3.68. The van der Waals surface area contributed by atoms with Crippen LogP contribution >= 0.6 is 11.3 Å². The van der Waals surface area contributed by atoms with Crippen LogP contribution in [0.4, 0.5) is 5.82 Å². The first-order valence-corrected chi connectivity index (χ1v) is 12.2. The number of benzene rings is 2. The molecule has 1 amide bonds. The van der Waals surface area contributed by atoms with Crippen molar-refractivity contribution in [1.29, 1.82) is 0 Å². The number of hydrogen-bond donors (Lipinski definition) is 3. The highest BCUT2D eigenvalue weighted by Gasteiger charge is 2.15. The van der Waals surface area contributed by atoms with Crippen LogP contribution in [0.25, 0.3) is 27.3 Å². The van der Waals surface area contributed by atoms with Gasteiger partial charge in [0.1, 0.15) is 17.3 Å². The van der Waals surface area contributed by atoms with Gasteiger partial charge in [-0.05, 0) is 67.2 Å². The van der Waals surface area contributed by atoms with Crippen molar-refractivity contribution in [3.8, 4) is 22.6 Å². The van der Waals surface area contributed by atoms with Gasteiger partial charge in [-0.25, -0.2) is 4.98 Å². The van der Waals surface area contributed by atoms with Gasteiger partial charge in [-0.2, -0.15) is 0 Å². The number of anilines is 1. The number of nitrogens with two attached hydrogens (primary N) is 1. The molecular formula is C27H26N4O2S. The Labute approximate surface area is 202 Å². The van der Waals surface area contributed by atoms with Crippen LogP contribution in [-0.2, 0) is 4.79 Å². The largest absolute Gasteiger partial charge is 0.457 e. The van der Waals surface area contributed by atoms with Crippen LogP contribution in [0.2, 0.25) is 0 Å². The lowest BCUT2D eigenvalue weighted by Crippen LogP contribution is -2.42. The number of nitrogens with one attached hydrogen (secondary N) is 2. The van der Waals surface area contributed by atoms with Crippen molar-refractivity contribution >= 4 is 39.2 Å². The summed E-state index contributed by atoms with van der Waals surface area (Å²) in [5.74, 6) is 1.96. The van der Waals surface area contributed by atoms with Crippen LogP contribution in [0.1, 0.15) is 18.4 Å². The summed E-state index contributed by atoms with van der Waals surface area (Å²) in [4.78, 5) is 16.8. The van der Waals surface area contributed by atoms with Crippen molar-refractivity contribution in [1.82, 2.24) is 15.6 Å². The van der Waals surface area contributed by atoms with Gasteiger partial charge in [0.05, 0.1) is 0 Å². The molecule has 5 rings (SSSR count). The Morgan fingerprint density at radius 2 is 1.82 bits per heavy atom. The van der Waals surface area contributed by atoms with Crippen LogP contribution in [0, 0.1) is 0 Å². The van der Waals surface area contributed by atoms with Gasteiger partial charge in [0.15, 0.2) is 0 Å². The van der Waals surface area contributed by atoms with E-state index in [-0.39, 0.29) is 11.9 Å². The van der Waals surface area contributed by atoms with Gasteiger partial charge in [-0.1, -0.05) is 30.3 Å². The molecule has 0 bridgehead atoms. The molecule has 172 valence electrons. The number of hydrogen-bond acceptors (Lipinski definition) is 6. The summed E-state index contributed by atoms with van der Waals surface area (Å²) in [7, 11) is 0. The van der Waals surface area contributed by atoms with E-state index < -0.39 is 0 Å². The smallest absolute Gasteiger partial charge is 0.244 e. The topological polar surface area (TPSA) is 89.3 Å². The molecule has 0 spiro atoms. The molecule has 4 aromatic rings. The number of nitrogens with zero attached hydrogens (tertiary/aromatic N) is 1. The van der Waals surface area contributed by atoms with Gasteiger partial charge in [-0.15, -0.1) is 11.3 Å². The maximum absolute atomic E-state index is 12.4. The molecule has 7 heteroatoms. The summed E-state index contributed by atoms with van der Waals surface area (Å²) >= 11 is 1.60. The van der Waals surface area contributed by atoms with Crippen molar-refractivity contribution in [3.63, 3.8) is 0 Å². The summed E-state index contributed by atoms with van der Waals surface area (Å²) < 4.78 is 6.92. The van der Waals surface area contributed by atoms with E-state index in [1.807, 2.05) is 60.7 Å². The van der Waals surface area contributed by atoms with E-state index >= 15 is 0 Å². The molecule has 1 saturated heterocycles. The van der Waals surface area contributed by atoms with Gasteiger partial charge in [0, 0.05) is 39.5 Å². The number of nitrogen functional groups attached to an aromatic ring is 1. The average molecular weight is 471 g/mol. The first kappa shape index (κ1) is 22.1. The number of ether oxygens (including phenoxy) is 1. The van der Waals surface area contributed by atoms with Gasteiger partial charge in [-0.3, -0.25) is 4.79 Å². The van der Waals surface area contributed by atoms with Gasteiger partial charge in [0.25, 0.3) is 0 Å². The van der Waals surface area contributed by atoms with Crippen molar-refractivity contribution in [2.24, 2.45) is 0 Å². The number of carbonyl (C=O) groups is 1. The number of para-hydroxylation sites is 1. The molecule has 2 aromatic carbocycles. The fraction of sp³-hybridized carbons (Fsp3) is 0.185. The van der Waals surface area contributed by atoms with E-state index in [1.54, 1.807) is 23.6 Å². The molecule has 2 aromatic heterocycles. The predicted molar refractivity (Wildman–Crippen MR) is 139 cm³/mol. The molecular weight excluding hydrogens is 444 g/mol. The Kier molecular flexibility index (Phi) is 6.56. The summed E-state index contributed by atoms with van der Waals surface area (Å²) in [6.07, 6.45) is 7.04. The van der Waals surface area contributed by atoms with E-state index in [4.69, 9.17) is 10.5 Å². The van der Waals surface area contributed by atoms with Crippen molar-refractivity contribution < 1.29 is 9.53 Å². The van der Waals surface area contributed by atoms with Crippen molar-refractivity contribution in [3.05, 3.63) is 77.8 Å². The quantitative estimate of drug-likeness (QED) is 0.336. The highest BCUT2D eigenvalue weighted by molar-refractivity contribution is 7.18. The maximum Gasteiger partial charge on any atom is 0.244 e. The zero-order valence-electron chi connectivity index (χ0n) is 18.7. The van der Waals surface area contributed by atoms with E-state index in [1.165, 1.54) is 0 Å². The fourth-order valence-electron chi connectivity index (χ4n) is 4.13. The number of rotatable bonds is 6. The van der Waals surface area contributed by atoms with Crippen LogP contribution in [0.15, 0.2) is 72.3 Å². The van der Waals surface area contributed by atoms with Gasteiger partial charge in [0.2, 0.25) is 5.91 Å². The number of amides is 1. The third-order valence-electron chi connectivity index (χ3n) is 5.90. The first-order valence-electron chi connectivity index (χ1n) is 11.4. The first-order chi connectivity index (χ1) is 16.7. The zero-order chi connectivity index (χ0) is 23.3. The highest BCUT2D eigenvalue weighted by atomic mass is 32.1. The average Bonchev–Trinajstić information content (AvgIpc) is 3.32. The van der Waals surface area contributed by atoms with Crippen molar-refractivity contribution in [2.75, 3.05) is 18.8 Å². The third kappa shape index (κ3) is 4.95. The summed E-state index contributed by atoms with van der Waals surface area (Å²) in [6, 6.07) is 17.9. The van der Waals surface area contributed by atoms with E-state index in [2.05, 4.69) is 21.0 Å². The molecule has 3 heterocycles. The molecule has 34 heavy (non-hydrogen) atoms. The van der Waals surface area contributed by atoms with Gasteiger partial charge < -0.3 is 21.1 Å².